The van der Waals surface area contributed by atoms with Gasteiger partial charge < -0.3 is 4.74 Å². The molecule has 1 aliphatic rings. The van der Waals surface area contributed by atoms with Gasteiger partial charge in [0.2, 0.25) is 0 Å². The van der Waals surface area contributed by atoms with Gasteiger partial charge >= 0.3 is 0 Å². The molecule has 4 rings (SSSR count). The van der Waals surface area contributed by atoms with Crippen molar-refractivity contribution in [1.29, 1.82) is 0 Å². The molecule has 0 amide bonds. The summed E-state index contributed by atoms with van der Waals surface area (Å²) in [6.07, 6.45) is 4.03. The molecule has 0 aromatic heterocycles. The third kappa shape index (κ3) is 3.03. The molecule has 0 atom stereocenters. The first-order valence-electron chi connectivity index (χ1n) is 9.14. The quantitative estimate of drug-likeness (QED) is 0.569. The average Bonchev–Trinajstić information content (AvgIpc) is 3.18. The molecule has 0 spiro atoms. The Kier molecular flexibility index (Phi) is 4.57. The van der Waals surface area contributed by atoms with E-state index in [2.05, 4.69) is 49.4 Å². The van der Waals surface area contributed by atoms with E-state index in [0.717, 1.165) is 36.9 Å². The van der Waals surface area contributed by atoms with Crippen molar-refractivity contribution in [3.63, 3.8) is 0 Å². The summed E-state index contributed by atoms with van der Waals surface area (Å²) in [4.78, 5) is 11.2. The van der Waals surface area contributed by atoms with Gasteiger partial charge in [-0.15, -0.1) is 0 Å². The minimum atomic E-state index is 0.541. The molecule has 0 fully saturated rings. The number of fused-ring (bicyclic) bond motifs is 1. The number of carbonyl (C=O) groups excluding carboxylic acids is 1. The molecular weight excluding hydrogens is 320 g/mol. The lowest BCUT2D eigenvalue weighted by molar-refractivity contribution is 0.112. The maximum atomic E-state index is 11.2. The first-order chi connectivity index (χ1) is 12.8. The van der Waals surface area contributed by atoms with E-state index in [1.807, 2.05) is 18.2 Å². The number of rotatable bonds is 5. The summed E-state index contributed by atoms with van der Waals surface area (Å²) in [5.41, 5.74) is 8.11. The highest BCUT2D eigenvalue weighted by molar-refractivity contribution is 5.79. The lowest BCUT2D eigenvalue weighted by Crippen LogP contribution is -2.02. The molecule has 26 heavy (non-hydrogen) atoms. The number of carbonyl (C=O) groups is 1. The third-order valence-electron chi connectivity index (χ3n) is 5.32. The lowest BCUT2D eigenvalue weighted by atomic mass is 9.97. The molecule has 0 aliphatic heterocycles. The summed E-state index contributed by atoms with van der Waals surface area (Å²) in [6, 6.07) is 20.7. The molecule has 3 aromatic rings. The molecule has 0 bridgehead atoms. The van der Waals surface area contributed by atoms with Crippen LogP contribution in [0.15, 0.2) is 60.7 Å². The van der Waals surface area contributed by atoms with Crippen LogP contribution in [0.3, 0.4) is 0 Å². The topological polar surface area (TPSA) is 26.3 Å². The van der Waals surface area contributed by atoms with Crippen LogP contribution >= 0.6 is 0 Å². The lowest BCUT2D eigenvalue weighted by Gasteiger charge is -2.15. The highest BCUT2D eigenvalue weighted by atomic mass is 16.5. The van der Waals surface area contributed by atoms with Crippen molar-refractivity contribution in [3.8, 4) is 16.9 Å². The zero-order valence-corrected chi connectivity index (χ0v) is 15.0. The predicted molar refractivity (Wildman–Crippen MR) is 105 cm³/mol. The van der Waals surface area contributed by atoms with Crippen molar-refractivity contribution < 1.29 is 9.53 Å². The standard InChI is InChI=1S/C24H22O2/c1-17-20(9-5-10-21(17)18-7-3-2-4-8-18)16-26-24-14-13-19(15-25)22-11-6-12-23(22)24/h2-5,7-10,13-15H,6,11-12,16H2,1H3. The van der Waals surface area contributed by atoms with Crippen molar-refractivity contribution in [2.24, 2.45) is 0 Å². The van der Waals surface area contributed by atoms with Gasteiger partial charge in [0.1, 0.15) is 18.6 Å². The van der Waals surface area contributed by atoms with E-state index >= 15 is 0 Å². The molecule has 0 N–H and O–H groups in total. The van der Waals surface area contributed by atoms with Crippen LogP contribution in [-0.4, -0.2) is 6.29 Å². The molecule has 1 aliphatic carbocycles. The molecule has 2 heteroatoms. The smallest absolute Gasteiger partial charge is 0.150 e. The summed E-state index contributed by atoms with van der Waals surface area (Å²) in [5.74, 6) is 0.924. The Morgan fingerprint density at radius 2 is 1.73 bits per heavy atom. The predicted octanol–water partition coefficient (Wildman–Crippen LogP) is 5.54. The zero-order chi connectivity index (χ0) is 17.9. The first-order valence-corrected chi connectivity index (χ1v) is 9.14. The van der Waals surface area contributed by atoms with E-state index in [9.17, 15) is 4.79 Å². The van der Waals surface area contributed by atoms with Gasteiger partial charge in [0, 0.05) is 5.56 Å². The zero-order valence-electron chi connectivity index (χ0n) is 15.0. The van der Waals surface area contributed by atoms with Crippen LogP contribution in [0.5, 0.6) is 5.75 Å². The number of hydrogen-bond acceptors (Lipinski definition) is 2. The van der Waals surface area contributed by atoms with E-state index in [1.165, 1.54) is 33.4 Å². The maximum Gasteiger partial charge on any atom is 0.150 e. The molecule has 0 saturated carbocycles. The van der Waals surface area contributed by atoms with Crippen molar-refractivity contribution in [3.05, 3.63) is 88.5 Å². The van der Waals surface area contributed by atoms with Gasteiger partial charge in [-0.05, 0) is 71.7 Å². The molecule has 2 nitrogen and oxygen atoms in total. The largest absolute Gasteiger partial charge is 0.489 e. The van der Waals surface area contributed by atoms with Crippen LogP contribution in [0.25, 0.3) is 11.1 Å². The van der Waals surface area contributed by atoms with Gasteiger partial charge in [0.15, 0.2) is 0 Å². The van der Waals surface area contributed by atoms with Gasteiger partial charge in [-0.25, -0.2) is 0 Å². The Hall–Kier alpha value is -2.87. The fourth-order valence-electron chi connectivity index (χ4n) is 3.87. The molecular formula is C24H22O2. The summed E-state index contributed by atoms with van der Waals surface area (Å²) in [5, 5.41) is 0. The molecule has 3 aromatic carbocycles. The minimum absolute atomic E-state index is 0.541. The van der Waals surface area contributed by atoms with Gasteiger partial charge in [0.25, 0.3) is 0 Å². The fraction of sp³-hybridized carbons (Fsp3) is 0.208. The average molecular weight is 342 g/mol. The number of benzene rings is 3. The molecule has 0 unspecified atom stereocenters. The Bertz CT molecular complexity index is 942. The molecule has 0 heterocycles. The normalized spacial score (nSPS) is 12.7. The second-order valence-electron chi connectivity index (χ2n) is 6.83. The van der Waals surface area contributed by atoms with E-state index in [-0.39, 0.29) is 0 Å². The van der Waals surface area contributed by atoms with Crippen molar-refractivity contribution in [2.45, 2.75) is 32.8 Å². The van der Waals surface area contributed by atoms with Crippen molar-refractivity contribution in [2.75, 3.05) is 0 Å². The summed E-state index contributed by atoms with van der Waals surface area (Å²) >= 11 is 0. The third-order valence-corrected chi connectivity index (χ3v) is 5.32. The van der Waals surface area contributed by atoms with Gasteiger partial charge in [-0.1, -0.05) is 48.5 Å². The fourth-order valence-corrected chi connectivity index (χ4v) is 3.87. The van der Waals surface area contributed by atoms with Crippen molar-refractivity contribution >= 4 is 6.29 Å². The van der Waals surface area contributed by atoms with E-state index in [4.69, 9.17) is 4.74 Å². The van der Waals surface area contributed by atoms with E-state index in [0.29, 0.717) is 6.61 Å². The molecule has 130 valence electrons. The Morgan fingerprint density at radius 1 is 0.923 bits per heavy atom. The van der Waals surface area contributed by atoms with Crippen LogP contribution in [0.1, 0.15) is 39.0 Å². The van der Waals surface area contributed by atoms with Crippen LogP contribution in [0.4, 0.5) is 0 Å². The SMILES string of the molecule is Cc1c(COc2ccc(C=O)c3c2CCC3)cccc1-c1ccccc1. The highest BCUT2D eigenvalue weighted by Crippen LogP contribution is 2.34. The Balaban J connectivity index is 1.60. The second kappa shape index (κ2) is 7.17. The monoisotopic (exact) mass is 342 g/mol. The Labute approximate surface area is 154 Å². The highest BCUT2D eigenvalue weighted by Gasteiger charge is 2.19. The maximum absolute atomic E-state index is 11.2. The van der Waals surface area contributed by atoms with Crippen molar-refractivity contribution in [1.82, 2.24) is 0 Å². The van der Waals surface area contributed by atoms with Crippen LogP contribution in [0.2, 0.25) is 0 Å². The molecule has 0 saturated heterocycles. The van der Waals surface area contributed by atoms with Crippen LogP contribution < -0.4 is 4.74 Å². The summed E-state index contributed by atoms with van der Waals surface area (Å²) in [6.45, 7) is 2.69. The molecule has 0 radical (unpaired) electrons. The summed E-state index contributed by atoms with van der Waals surface area (Å²) in [7, 11) is 0. The number of ether oxygens (including phenoxy) is 1. The number of hydrogen-bond donors (Lipinski definition) is 0. The second-order valence-corrected chi connectivity index (χ2v) is 6.83. The van der Waals surface area contributed by atoms with Crippen LogP contribution in [0, 0.1) is 6.92 Å². The van der Waals surface area contributed by atoms with Gasteiger partial charge in [-0.2, -0.15) is 0 Å². The first kappa shape index (κ1) is 16.6. The minimum Gasteiger partial charge on any atom is -0.489 e. The van der Waals surface area contributed by atoms with Gasteiger partial charge in [-0.3, -0.25) is 4.79 Å². The van der Waals surface area contributed by atoms with E-state index in [1.54, 1.807) is 0 Å². The van der Waals surface area contributed by atoms with E-state index < -0.39 is 0 Å². The summed E-state index contributed by atoms with van der Waals surface area (Å²) < 4.78 is 6.19. The van der Waals surface area contributed by atoms with Crippen LogP contribution in [-0.2, 0) is 19.4 Å². The number of aldehydes is 1. The Morgan fingerprint density at radius 3 is 2.54 bits per heavy atom. The van der Waals surface area contributed by atoms with Gasteiger partial charge in [0.05, 0.1) is 0 Å².